The van der Waals surface area contributed by atoms with E-state index in [0.717, 1.165) is 30.7 Å². The van der Waals surface area contributed by atoms with Crippen molar-refractivity contribution in [3.63, 3.8) is 0 Å². The van der Waals surface area contributed by atoms with E-state index in [-0.39, 0.29) is 17.9 Å². The Balaban J connectivity index is 2.10. The first kappa shape index (κ1) is 17.8. The van der Waals surface area contributed by atoms with Crippen molar-refractivity contribution < 1.29 is 14.6 Å². The first-order valence-electron chi connectivity index (χ1n) is 8.44. The Hall–Kier alpha value is -1.55. The predicted molar refractivity (Wildman–Crippen MR) is 91.5 cm³/mol. The molecule has 1 aliphatic rings. The van der Waals surface area contributed by atoms with Crippen molar-refractivity contribution in [1.82, 2.24) is 4.90 Å². The molecule has 0 bridgehead atoms. The summed E-state index contributed by atoms with van der Waals surface area (Å²) < 4.78 is 5.41. The number of para-hydroxylation sites is 1. The number of aliphatic hydroxyl groups is 1. The number of rotatable bonds is 5. The van der Waals surface area contributed by atoms with E-state index < -0.39 is 5.41 Å². The van der Waals surface area contributed by atoms with Crippen LogP contribution in [0.2, 0.25) is 0 Å². The van der Waals surface area contributed by atoms with Gasteiger partial charge in [0.05, 0.1) is 13.2 Å². The molecule has 1 heterocycles. The van der Waals surface area contributed by atoms with Gasteiger partial charge in [-0.05, 0) is 37.8 Å². The highest BCUT2D eigenvalue weighted by Gasteiger charge is 2.36. The molecular formula is C19H29NO3. The lowest BCUT2D eigenvalue weighted by Crippen LogP contribution is -2.48. The molecule has 2 unspecified atom stereocenters. The SMILES string of the molecule is COc1ccccc1CC(C)(C)C(=O)N1CCCC(C(C)O)C1. The number of benzene rings is 1. The van der Waals surface area contributed by atoms with E-state index in [2.05, 4.69) is 0 Å². The average molecular weight is 319 g/mol. The topological polar surface area (TPSA) is 49.8 Å². The molecule has 4 nitrogen and oxygen atoms in total. The van der Waals surface area contributed by atoms with Crippen molar-refractivity contribution in [3.05, 3.63) is 29.8 Å². The van der Waals surface area contributed by atoms with Gasteiger partial charge >= 0.3 is 0 Å². The van der Waals surface area contributed by atoms with Gasteiger partial charge in [-0.2, -0.15) is 0 Å². The molecular weight excluding hydrogens is 290 g/mol. The second-order valence-electron chi connectivity index (χ2n) is 7.27. The van der Waals surface area contributed by atoms with E-state index in [9.17, 15) is 9.90 Å². The zero-order chi connectivity index (χ0) is 17.0. The Morgan fingerprint density at radius 3 is 2.78 bits per heavy atom. The van der Waals surface area contributed by atoms with Gasteiger partial charge in [-0.15, -0.1) is 0 Å². The smallest absolute Gasteiger partial charge is 0.228 e. The lowest BCUT2D eigenvalue weighted by atomic mass is 9.82. The second kappa shape index (κ2) is 7.35. The minimum absolute atomic E-state index is 0.161. The van der Waals surface area contributed by atoms with Crippen LogP contribution in [0.4, 0.5) is 0 Å². The average Bonchev–Trinajstić information content (AvgIpc) is 2.54. The third kappa shape index (κ3) is 4.25. The summed E-state index contributed by atoms with van der Waals surface area (Å²) in [6.07, 6.45) is 2.24. The van der Waals surface area contributed by atoms with Crippen LogP contribution >= 0.6 is 0 Å². The van der Waals surface area contributed by atoms with Gasteiger partial charge in [-0.3, -0.25) is 4.79 Å². The molecule has 1 aromatic carbocycles. The molecule has 0 aliphatic carbocycles. The minimum atomic E-state index is -0.491. The molecule has 1 fully saturated rings. The molecule has 0 aromatic heterocycles. The number of nitrogens with zero attached hydrogens (tertiary/aromatic N) is 1. The summed E-state index contributed by atoms with van der Waals surface area (Å²) in [4.78, 5) is 14.9. The number of likely N-dealkylation sites (tertiary alicyclic amines) is 1. The third-order valence-electron chi connectivity index (χ3n) is 4.83. The summed E-state index contributed by atoms with van der Waals surface area (Å²) in [5, 5.41) is 9.83. The fourth-order valence-electron chi connectivity index (χ4n) is 3.42. The number of amides is 1. The molecule has 4 heteroatoms. The van der Waals surface area contributed by atoms with Crippen LogP contribution in [0.3, 0.4) is 0 Å². The van der Waals surface area contributed by atoms with Crippen molar-refractivity contribution >= 4 is 5.91 Å². The maximum Gasteiger partial charge on any atom is 0.228 e. The molecule has 23 heavy (non-hydrogen) atoms. The molecule has 0 saturated carbocycles. The number of carbonyl (C=O) groups is 1. The van der Waals surface area contributed by atoms with Gasteiger partial charge in [0.1, 0.15) is 5.75 Å². The molecule has 0 spiro atoms. The van der Waals surface area contributed by atoms with E-state index in [1.54, 1.807) is 7.11 Å². The summed E-state index contributed by atoms with van der Waals surface area (Å²) >= 11 is 0. The van der Waals surface area contributed by atoms with Crippen LogP contribution < -0.4 is 4.74 Å². The maximum absolute atomic E-state index is 13.0. The normalized spacial score (nSPS) is 20.2. The Morgan fingerprint density at radius 1 is 1.43 bits per heavy atom. The van der Waals surface area contributed by atoms with Crippen molar-refractivity contribution in [2.24, 2.45) is 11.3 Å². The van der Waals surface area contributed by atoms with Gasteiger partial charge in [0.2, 0.25) is 5.91 Å². The van der Waals surface area contributed by atoms with Crippen molar-refractivity contribution in [2.75, 3.05) is 20.2 Å². The van der Waals surface area contributed by atoms with E-state index in [4.69, 9.17) is 4.74 Å². The number of ether oxygens (including phenoxy) is 1. The standard InChI is InChI=1S/C19H29NO3/c1-14(21)16-9-7-11-20(13-16)18(22)19(2,3)12-15-8-5-6-10-17(15)23-4/h5-6,8,10,14,16,21H,7,9,11-13H2,1-4H3. The molecule has 1 N–H and O–H groups in total. The molecule has 1 aromatic rings. The molecule has 2 rings (SSSR count). The molecule has 128 valence electrons. The van der Waals surface area contributed by atoms with E-state index >= 15 is 0 Å². The van der Waals surface area contributed by atoms with Crippen LogP contribution in [0.25, 0.3) is 0 Å². The summed E-state index contributed by atoms with van der Waals surface area (Å²) in [6, 6.07) is 7.86. The summed E-state index contributed by atoms with van der Waals surface area (Å²) in [7, 11) is 1.66. The van der Waals surface area contributed by atoms with Gasteiger partial charge in [0, 0.05) is 24.4 Å². The molecule has 2 atom stereocenters. The Kier molecular flexibility index (Phi) is 5.69. The highest BCUT2D eigenvalue weighted by atomic mass is 16.5. The number of carbonyl (C=O) groups excluding carboxylic acids is 1. The van der Waals surface area contributed by atoms with Crippen molar-refractivity contribution in [3.8, 4) is 5.75 Å². The number of methoxy groups -OCH3 is 1. The summed E-state index contributed by atoms with van der Waals surface area (Å²) in [5.41, 5.74) is 0.562. The second-order valence-corrected chi connectivity index (χ2v) is 7.27. The molecule has 1 aliphatic heterocycles. The van der Waals surface area contributed by atoms with Crippen LogP contribution in [0.5, 0.6) is 5.75 Å². The van der Waals surface area contributed by atoms with E-state index in [1.807, 2.05) is 49.9 Å². The van der Waals surface area contributed by atoms with E-state index in [0.29, 0.717) is 13.0 Å². The highest BCUT2D eigenvalue weighted by Crippen LogP contribution is 2.31. The summed E-state index contributed by atoms with van der Waals surface area (Å²) in [5.74, 6) is 1.18. The van der Waals surface area contributed by atoms with E-state index in [1.165, 1.54) is 0 Å². The van der Waals surface area contributed by atoms with Crippen LogP contribution in [-0.2, 0) is 11.2 Å². The quantitative estimate of drug-likeness (QED) is 0.908. The van der Waals surface area contributed by atoms with Gasteiger partial charge in [0.25, 0.3) is 0 Å². The Bertz CT molecular complexity index is 539. The minimum Gasteiger partial charge on any atom is -0.496 e. The number of piperidine rings is 1. The number of hydrogen-bond donors (Lipinski definition) is 1. The van der Waals surface area contributed by atoms with Crippen LogP contribution in [0.15, 0.2) is 24.3 Å². The highest BCUT2D eigenvalue weighted by molar-refractivity contribution is 5.82. The number of aliphatic hydroxyl groups excluding tert-OH is 1. The monoisotopic (exact) mass is 319 g/mol. The van der Waals surface area contributed by atoms with Gasteiger partial charge in [-0.1, -0.05) is 32.0 Å². The van der Waals surface area contributed by atoms with Crippen LogP contribution in [0, 0.1) is 11.3 Å². The van der Waals surface area contributed by atoms with Crippen LogP contribution in [0.1, 0.15) is 39.2 Å². The third-order valence-corrected chi connectivity index (χ3v) is 4.83. The number of hydrogen-bond acceptors (Lipinski definition) is 3. The largest absolute Gasteiger partial charge is 0.496 e. The molecule has 0 radical (unpaired) electrons. The maximum atomic E-state index is 13.0. The Morgan fingerprint density at radius 2 is 2.13 bits per heavy atom. The zero-order valence-electron chi connectivity index (χ0n) is 14.7. The van der Waals surface area contributed by atoms with Crippen LogP contribution in [-0.4, -0.2) is 42.2 Å². The van der Waals surface area contributed by atoms with Gasteiger partial charge in [0.15, 0.2) is 0 Å². The molecule has 1 saturated heterocycles. The lowest BCUT2D eigenvalue weighted by Gasteiger charge is -2.38. The van der Waals surface area contributed by atoms with Crippen molar-refractivity contribution in [2.45, 2.75) is 46.1 Å². The first-order valence-corrected chi connectivity index (χ1v) is 8.44. The predicted octanol–water partition coefficient (Wildman–Crippen LogP) is 2.88. The lowest BCUT2D eigenvalue weighted by molar-refractivity contribution is -0.143. The van der Waals surface area contributed by atoms with Gasteiger partial charge in [-0.25, -0.2) is 0 Å². The van der Waals surface area contributed by atoms with Gasteiger partial charge < -0.3 is 14.7 Å². The zero-order valence-corrected chi connectivity index (χ0v) is 14.7. The molecule has 1 amide bonds. The fraction of sp³-hybridized carbons (Fsp3) is 0.632. The summed E-state index contributed by atoms with van der Waals surface area (Å²) in [6.45, 7) is 7.25. The van der Waals surface area contributed by atoms with Crippen molar-refractivity contribution in [1.29, 1.82) is 0 Å². The first-order chi connectivity index (χ1) is 10.8. The fourth-order valence-corrected chi connectivity index (χ4v) is 3.42. The Labute approximate surface area is 139 Å².